The van der Waals surface area contributed by atoms with Crippen molar-refractivity contribution in [2.75, 3.05) is 0 Å². The second-order valence-electron chi connectivity index (χ2n) is 0. The van der Waals surface area contributed by atoms with Crippen LogP contribution in [0.4, 0.5) is 0 Å². The van der Waals surface area contributed by atoms with Gasteiger partial charge in [0.05, 0.1) is 0 Å². The van der Waals surface area contributed by atoms with Crippen molar-refractivity contribution >= 4 is 41.0 Å². The zero-order chi connectivity index (χ0) is 0. The van der Waals surface area contributed by atoms with Crippen molar-refractivity contribution in [2.24, 2.45) is 0 Å². The van der Waals surface area contributed by atoms with E-state index in [9.17, 15) is 0 Å². The van der Waals surface area contributed by atoms with Gasteiger partial charge in [-0.05, 0) is 0 Å². The predicted molar refractivity (Wildman–Crippen MR) is 17.1 cm³/mol. The maximum Gasteiger partial charge on any atom is 0 e. The number of hydrogen-bond donors (Lipinski definition) is 0. The van der Waals surface area contributed by atoms with Crippen LogP contribution in [0.1, 0.15) is 0 Å². The first kappa shape index (κ1) is 41.4. The van der Waals surface area contributed by atoms with E-state index in [0.717, 1.165) is 0 Å². The minimum absolute atomic E-state index is 0. The zero-order valence-electron chi connectivity index (χ0n) is 2.77. The molecule has 0 spiro atoms. The fourth-order valence-electron chi connectivity index (χ4n) is 0. The molecule has 0 amide bonds. The second kappa shape index (κ2) is 27.0. The topological polar surface area (TPSA) is 0 Å². The van der Waals surface area contributed by atoms with Crippen LogP contribution >= 0.6 is 0 Å². The van der Waals surface area contributed by atoms with Gasteiger partial charge in [0, 0.05) is 59.1 Å². The number of hydrogen-bond acceptors (Lipinski definition) is 0. The molecule has 0 heterocycles. The van der Waals surface area contributed by atoms with E-state index >= 15 is 0 Å². The first-order valence-electron chi connectivity index (χ1n) is 0. The second-order valence-corrected chi connectivity index (χ2v) is 0. The van der Waals surface area contributed by atoms with Crippen LogP contribution in [-0.2, 0) is 59.1 Å². The Balaban J connectivity index is 0. The van der Waals surface area contributed by atoms with Gasteiger partial charge in [0.2, 0.25) is 0 Å². The molecule has 0 aromatic rings. The van der Waals surface area contributed by atoms with Gasteiger partial charge in [-0.15, -0.1) is 0 Å². The Labute approximate surface area is 98.3 Å². The van der Waals surface area contributed by atoms with E-state index in [1.54, 1.807) is 0 Å². The van der Waals surface area contributed by atoms with Gasteiger partial charge in [-0.1, -0.05) is 0 Å². The number of rotatable bonds is 0. The van der Waals surface area contributed by atoms with Gasteiger partial charge in [-0.25, -0.2) is 0 Å². The third-order valence-corrected chi connectivity index (χ3v) is 0. The van der Waals surface area contributed by atoms with Crippen molar-refractivity contribution in [3.05, 3.63) is 0 Å². The Morgan fingerprint density at radius 2 is 1.00 bits per heavy atom. The van der Waals surface area contributed by atoms with E-state index in [0.29, 0.717) is 0 Å². The molecule has 0 atom stereocenters. The van der Waals surface area contributed by atoms with Crippen LogP contribution < -0.4 is 0 Å². The molecule has 0 aliphatic carbocycles. The maximum absolute atomic E-state index is 0. The van der Waals surface area contributed by atoms with Crippen molar-refractivity contribution in [3.8, 4) is 0 Å². The van der Waals surface area contributed by atoms with Crippen molar-refractivity contribution in [1.82, 2.24) is 0 Å². The first-order chi connectivity index (χ1) is 0. The molecule has 0 fully saturated rings. The molecule has 0 saturated heterocycles. The molecule has 3 radical (unpaired) electrons. The monoisotopic (exact) mass is 417 g/mol. The molecule has 0 aromatic heterocycles. The van der Waals surface area contributed by atoms with E-state index in [2.05, 4.69) is 0 Å². The average Bonchev–Trinajstić information content (AvgIpc) is 0. The van der Waals surface area contributed by atoms with E-state index in [1.807, 2.05) is 0 Å². The molecule has 0 aliphatic rings. The minimum Gasteiger partial charge on any atom is 0 e. The van der Waals surface area contributed by atoms with Gasteiger partial charge in [0.25, 0.3) is 0 Å². The third-order valence-electron chi connectivity index (χ3n) is 0. The van der Waals surface area contributed by atoms with Crippen LogP contribution in [0.2, 0.25) is 0 Å². The molecule has 27 valence electrons. The summed E-state index contributed by atoms with van der Waals surface area (Å²) in [5.41, 5.74) is 0. The molecule has 0 rings (SSSR count). The van der Waals surface area contributed by atoms with E-state index in [4.69, 9.17) is 0 Å². The summed E-state index contributed by atoms with van der Waals surface area (Å²) in [4.78, 5) is 0. The standard InChI is InChI=1S/Mo.H2Se.Sn.V.Zn.2H/h;1H2;;;;;. The van der Waals surface area contributed by atoms with Crippen LogP contribution in [0, 0.1) is 0 Å². The Hall–Kier alpha value is 3.21. The Morgan fingerprint density at radius 1 is 1.00 bits per heavy atom. The summed E-state index contributed by atoms with van der Waals surface area (Å²) in [6.07, 6.45) is 0. The van der Waals surface area contributed by atoms with Crippen molar-refractivity contribution < 1.29 is 59.1 Å². The van der Waals surface area contributed by atoms with Gasteiger partial charge in [-0.3, -0.25) is 0 Å². The Morgan fingerprint density at radius 3 is 1.00 bits per heavy atom. The molecule has 0 bridgehead atoms. The van der Waals surface area contributed by atoms with Gasteiger partial charge < -0.3 is 0 Å². The molecule has 0 saturated carbocycles. The maximum atomic E-state index is 0. The SMILES string of the molecule is [Mo].[SeH2].[SnH2].[V].[Zn]. The summed E-state index contributed by atoms with van der Waals surface area (Å²) in [5, 5.41) is 0. The summed E-state index contributed by atoms with van der Waals surface area (Å²) in [7, 11) is 0. The molecule has 0 aliphatic heterocycles. The first-order valence-corrected chi connectivity index (χ1v) is 0. The molecular formula is H4MoSeSnVZn. The largest absolute Gasteiger partial charge is 0 e. The van der Waals surface area contributed by atoms with Gasteiger partial charge >= 0.3 is 41.0 Å². The normalized spacial score (nSPS) is 0. The molecule has 5 heteroatoms. The quantitative estimate of drug-likeness (QED) is 0.409. The zero-order valence-corrected chi connectivity index (χ0v) is 15.3. The van der Waals surface area contributed by atoms with E-state index < -0.39 is 0 Å². The summed E-state index contributed by atoms with van der Waals surface area (Å²) in [6.45, 7) is 0. The van der Waals surface area contributed by atoms with E-state index in [1.165, 1.54) is 0 Å². The molecule has 0 N–H and O–H groups in total. The van der Waals surface area contributed by atoms with Gasteiger partial charge in [0.15, 0.2) is 0 Å². The van der Waals surface area contributed by atoms with Crippen LogP contribution in [0.5, 0.6) is 0 Å². The van der Waals surface area contributed by atoms with E-state index in [-0.39, 0.29) is 100 Å². The smallest absolute Gasteiger partial charge is 0 e. The molecular weight excluding hydrogens is 410 g/mol. The summed E-state index contributed by atoms with van der Waals surface area (Å²) in [6, 6.07) is 0. The van der Waals surface area contributed by atoms with Crippen molar-refractivity contribution in [3.63, 3.8) is 0 Å². The van der Waals surface area contributed by atoms with Crippen LogP contribution in [0.25, 0.3) is 0 Å². The van der Waals surface area contributed by atoms with Gasteiger partial charge in [-0.2, -0.15) is 0 Å². The van der Waals surface area contributed by atoms with Gasteiger partial charge in [0.1, 0.15) is 0 Å². The molecule has 0 unspecified atom stereocenters. The Bertz CT molecular complexity index is 11.6. The van der Waals surface area contributed by atoms with Crippen molar-refractivity contribution in [2.45, 2.75) is 0 Å². The summed E-state index contributed by atoms with van der Waals surface area (Å²) in [5.74, 6) is 0. The van der Waals surface area contributed by atoms with Crippen LogP contribution in [-0.4, -0.2) is 41.0 Å². The predicted octanol–water partition coefficient (Wildman–Crippen LogP) is -1.84. The molecule has 0 nitrogen and oxygen atoms in total. The average molecular weight is 414 g/mol. The summed E-state index contributed by atoms with van der Waals surface area (Å²) >= 11 is 0. The van der Waals surface area contributed by atoms with Crippen LogP contribution in [0.15, 0.2) is 0 Å². The van der Waals surface area contributed by atoms with Crippen LogP contribution in [0.3, 0.4) is 0 Å². The molecule has 5 heavy (non-hydrogen) atoms. The van der Waals surface area contributed by atoms with Crippen molar-refractivity contribution in [1.29, 1.82) is 0 Å². The fraction of sp³-hybridized carbons (Fsp3) is 0. The minimum atomic E-state index is 0. The Kier molecular flexibility index (Phi) is 223. The third kappa shape index (κ3) is 19.0. The molecule has 0 aromatic carbocycles. The summed E-state index contributed by atoms with van der Waals surface area (Å²) < 4.78 is 0. The fourth-order valence-corrected chi connectivity index (χ4v) is 0.